The van der Waals surface area contributed by atoms with Crippen molar-refractivity contribution in [1.82, 2.24) is 4.57 Å². The first kappa shape index (κ1) is 39.4. The molecule has 0 unspecified atom stereocenters. The van der Waals surface area contributed by atoms with Crippen LogP contribution in [0.4, 0.5) is 17.1 Å². The van der Waals surface area contributed by atoms with Gasteiger partial charge in [0, 0.05) is 72.0 Å². The molecule has 0 atom stereocenters. The fourth-order valence-electron chi connectivity index (χ4n) is 11.2. The summed E-state index contributed by atoms with van der Waals surface area (Å²) in [5.41, 5.74) is 18.0. The van der Waals surface area contributed by atoms with Gasteiger partial charge in [-0.2, -0.15) is 0 Å². The molecular weight excluding hydrogens is 869 g/mol. The van der Waals surface area contributed by atoms with Crippen molar-refractivity contribution < 1.29 is 13.3 Å². The Labute approximate surface area is 407 Å². The lowest BCUT2D eigenvalue weighted by atomic mass is 9.99. The monoisotopic (exact) mass is 908 g/mol. The Morgan fingerprint density at radius 3 is 1.59 bits per heavy atom. The summed E-state index contributed by atoms with van der Waals surface area (Å²) in [5.74, 6) is 0. The van der Waals surface area contributed by atoms with E-state index in [-0.39, 0.29) is 0 Å². The SMILES string of the molecule is c1ccc(-c2cccc3c2oc2c(-c4cccc(N(c5ccc(-c6ccc7c(c6)oc6ccccc67)cc5)c5ccc6c(c5)oc5cccc(-n7c8ccccc8c8ccccc87)c56)c4)cccc23)cc1. The topological polar surface area (TPSA) is 47.6 Å². The molecule has 15 aromatic rings. The minimum Gasteiger partial charge on any atom is -0.456 e. The zero-order valence-corrected chi connectivity index (χ0v) is 38.2. The van der Waals surface area contributed by atoms with Gasteiger partial charge in [-0.3, -0.25) is 0 Å². The highest BCUT2D eigenvalue weighted by Gasteiger charge is 2.22. The smallest absolute Gasteiger partial charge is 0.143 e. The van der Waals surface area contributed by atoms with Crippen molar-refractivity contribution in [2.45, 2.75) is 0 Å². The molecule has 0 saturated heterocycles. The zero-order valence-electron chi connectivity index (χ0n) is 38.2. The van der Waals surface area contributed by atoms with Gasteiger partial charge in [0.25, 0.3) is 0 Å². The maximum Gasteiger partial charge on any atom is 0.143 e. The Hall–Kier alpha value is -9.58. The van der Waals surface area contributed by atoms with E-state index in [4.69, 9.17) is 13.3 Å². The first-order valence-corrected chi connectivity index (χ1v) is 24.1. The fourth-order valence-corrected chi connectivity index (χ4v) is 11.2. The Morgan fingerprint density at radius 2 is 0.817 bits per heavy atom. The number of anilines is 3. The molecule has 15 rings (SSSR count). The van der Waals surface area contributed by atoms with Crippen molar-refractivity contribution in [2.24, 2.45) is 0 Å². The van der Waals surface area contributed by atoms with Crippen LogP contribution < -0.4 is 4.90 Å². The highest BCUT2D eigenvalue weighted by molar-refractivity contribution is 6.16. The highest BCUT2D eigenvalue weighted by Crippen LogP contribution is 2.45. The molecule has 4 heterocycles. The molecule has 0 radical (unpaired) electrons. The average molecular weight is 909 g/mol. The standard InChI is InChI=1S/C66H40N2O3/c1-2-14-42(15-3-1)48-21-11-23-54-55-24-12-22-49(66(55)71-65(48)54)44-16-10-17-46(38-44)67(45-33-30-41(31-34-45)43-32-36-53-52-20-6-9-28-60(52)69-62(53)39-43)47-35-37-56-63(40-47)70-61-29-13-27-59(64(56)61)68-57-25-7-4-18-50(57)51-19-5-8-26-58(51)68/h1-40H. The third-order valence-corrected chi connectivity index (χ3v) is 14.4. The summed E-state index contributed by atoms with van der Waals surface area (Å²) in [6.45, 7) is 0. The van der Waals surface area contributed by atoms with Gasteiger partial charge in [0.2, 0.25) is 0 Å². The van der Waals surface area contributed by atoms with Crippen molar-refractivity contribution in [3.63, 3.8) is 0 Å². The number of benzene rings is 11. The molecule has 71 heavy (non-hydrogen) atoms. The largest absolute Gasteiger partial charge is 0.456 e. The van der Waals surface area contributed by atoms with E-state index < -0.39 is 0 Å². The Balaban J connectivity index is 0.889. The average Bonchev–Trinajstić information content (AvgIpc) is 4.20. The molecule has 0 amide bonds. The van der Waals surface area contributed by atoms with Gasteiger partial charge >= 0.3 is 0 Å². The van der Waals surface area contributed by atoms with Gasteiger partial charge in [-0.05, 0) is 101 Å². The lowest BCUT2D eigenvalue weighted by molar-refractivity contribution is 0.668. The van der Waals surface area contributed by atoms with E-state index in [9.17, 15) is 0 Å². The van der Waals surface area contributed by atoms with Crippen LogP contribution in [0.3, 0.4) is 0 Å². The molecule has 0 spiro atoms. The first-order valence-electron chi connectivity index (χ1n) is 24.1. The summed E-state index contributed by atoms with van der Waals surface area (Å²) in [5, 5.41) is 9.01. The summed E-state index contributed by atoms with van der Waals surface area (Å²) < 4.78 is 22.5. The van der Waals surface area contributed by atoms with E-state index in [0.717, 1.165) is 133 Å². The number of hydrogen-bond acceptors (Lipinski definition) is 4. The normalized spacial score (nSPS) is 11.9. The van der Waals surface area contributed by atoms with Crippen LogP contribution in [-0.2, 0) is 0 Å². The highest BCUT2D eigenvalue weighted by atomic mass is 16.3. The number of aromatic nitrogens is 1. The summed E-state index contributed by atoms with van der Waals surface area (Å²) in [6.07, 6.45) is 0. The molecule has 11 aromatic carbocycles. The lowest BCUT2D eigenvalue weighted by Crippen LogP contribution is -2.10. The van der Waals surface area contributed by atoms with Crippen LogP contribution in [0.1, 0.15) is 0 Å². The molecule has 0 aliphatic heterocycles. The van der Waals surface area contributed by atoms with Crippen LogP contribution in [0.5, 0.6) is 0 Å². The van der Waals surface area contributed by atoms with Gasteiger partial charge < -0.3 is 22.7 Å². The van der Waals surface area contributed by atoms with Crippen molar-refractivity contribution in [1.29, 1.82) is 0 Å². The summed E-state index contributed by atoms with van der Waals surface area (Å²) >= 11 is 0. The molecule has 0 saturated carbocycles. The number of hydrogen-bond donors (Lipinski definition) is 0. The van der Waals surface area contributed by atoms with E-state index in [0.29, 0.717) is 0 Å². The minimum atomic E-state index is 0.809. The van der Waals surface area contributed by atoms with Gasteiger partial charge in [-0.1, -0.05) is 158 Å². The van der Waals surface area contributed by atoms with E-state index >= 15 is 0 Å². The molecule has 332 valence electrons. The number of rotatable bonds is 7. The van der Waals surface area contributed by atoms with E-state index in [1.807, 2.05) is 18.2 Å². The van der Waals surface area contributed by atoms with Crippen molar-refractivity contribution in [3.8, 4) is 39.1 Å². The van der Waals surface area contributed by atoms with Crippen molar-refractivity contribution in [2.75, 3.05) is 4.90 Å². The van der Waals surface area contributed by atoms with Crippen LogP contribution in [-0.4, -0.2) is 4.57 Å². The predicted octanol–water partition coefficient (Wildman–Crippen LogP) is 19.0. The first-order chi connectivity index (χ1) is 35.2. The summed E-state index contributed by atoms with van der Waals surface area (Å²) in [7, 11) is 0. The van der Waals surface area contributed by atoms with Gasteiger partial charge in [-0.25, -0.2) is 0 Å². The maximum atomic E-state index is 6.92. The summed E-state index contributed by atoms with van der Waals surface area (Å²) in [6, 6.07) is 86.0. The molecular formula is C66H40N2O3. The number of fused-ring (bicyclic) bond motifs is 12. The molecule has 5 heteroatoms. The van der Waals surface area contributed by atoms with Crippen LogP contribution >= 0.6 is 0 Å². The maximum absolute atomic E-state index is 6.92. The Kier molecular flexibility index (Phi) is 8.59. The van der Waals surface area contributed by atoms with Crippen LogP contribution in [0.15, 0.2) is 256 Å². The van der Waals surface area contributed by atoms with Crippen LogP contribution in [0, 0.1) is 0 Å². The van der Waals surface area contributed by atoms with Crippen LogP contribution in [0.25, 0.3) is 127 Å². The second-order valence-corrected chi connectivity index (χ2v) is 18.4. The quantitative estimate of drug-likeness (QED) is 0.160. The van der Waals surface area contributed by atoms with E-state index in [1.54, 1.807) is 0 Å². The van der Waals surface area contributed by atoms with Gasteiger partial charge in [-0.15, -0.1) is 0 Å². The Morgan fingerprint density at radius 1 is 0.282 bits per heavy atom. The fraction of sp³-hybridized carbons (Fsp3) is 0. The zero-order chi connectivity index (χ0) is 46.6. The van der Waals surface area contributed by atoms with Crippen molar-refractivity contribution >= 4 is 105 Å². The molecule has 0 bridgehead atoms. The van der Waals surface area contributed by atoms with Gasteiger partial charge in [0.1, 0.15) is 33.5 Å². The molecule has 0 fully saturated rings. The minimum absolute atomic E-state index is 0.809. The second kappa shape index (κ2) is 15.5. The molecule has 5 nitrogen and oxygen atoms in total. The number of para-hydroxylation sites is 5. The van der Waals surface area contributed by atoms with E-state index in [2.05, 4.69) is 234 Å². The van der Waals surface area contributed by atoms with Gasteiger partial charge in [0.05, 0.1) is 22.1 Å². The molecule has 0 N–H and O–H groups in total. The summed E-state index contributed by atoms with van der Waals surface area (Å²) in [4.78, 5) is 2.32. The third kappa shape index (κ3) is 6.13. The second-order valence-electron chi connectivity index (χ2n) is 18.4. The molecule has 4 aromatic heterocycles. The predicted molar refractivity (Wildman–Crippen MR) is 294 cm³/mol. The Bertz CT molecular complexity index is 4540. The number of nitrogens with zero attached hydrogens (tertiary/aromatic N) is 2. The van der Waals surface area contributed by atoms with Crippen LogP contribution in [0.2, 0.25) is 0 Å². The third-order valence-electron chi connectivity index (χ3n) is 14.4. The van der Waals surface area contributed by atoms with Crippen molar-refractivity contribution in [3.05, 3.63) is 243 Å². The van der Waals surface area contributed by atoms with Gasteiger partial charge in [0.15, 0.2) is 0 Å². The molecule has 0 aliphatic rings. The lowest BCUT2D eigenvalue weighted by Gasteiger charge is -2.26. The molecule has 0 aliphatic carbocycles. The van der Waals surface area contributed by atoms with E-state index in [1.165, 1.54) is 10.8 Å². The number of furan rings is 3.